The van der Waals surface area contributed by atoms with Gasteiger partial charge >= 0.3 is 0 Å². The van der Waals surface area contributed by atoms with Gasteiger partial charge in [0.05, 0.1) is 5.92 Å². The highest BCUT2D eigenvalue weighted by molar-refractivity contribution is 7.86. The molecule has 7 heteroatoms. The van der Waals surface area contributed by atoms with Crippen molar-refractivity contribution in [3.8, 4) is 0 Å². The van der Waals surface area contributed by atoms with E-state index in [1.54, 1.807) is 0 Å². The summed E-state index contributed by atoms with van der Waals surface area (Å²) < 4.78 is 27.1. The van der Waals surface area contributed by atoms with Crippen LogP contribution < -0.4 is 5.32 Å². The van der Waals surface area contributed by atoms with Gasteiger partial charge in [-0.05, 0) is 35.7 Å². The van der Waals surface area contributed by atoms with Gasteiger partial charge in [-0.15, -0.1) is 0 Å². The molecule has 6 nitrogen and oxygen atoms in total. The molecule has 0 saturated carbocycles. The second-order valence-corrected chi connectivity index (χ2v) is 8.68. The largest absolute Gasteiger partial charge is 0.326 e. The Morgan fingerprint density at radius 3 is 2.60 bits per heavy atom. The minimum atomic E-state index is -3.48. The molecule has 1 atom stereocenters. The minimum Gasteiger partial charge on any atom is -0.326 e. The second-order valence-electron chi connectivity index (χ2n) is 6.54. The molecule has 1 aliphatic rings. The summed E-state index contributed by atoms with van der Waals surface area (Å²) >= 11 is 0. The number of anilines is 1. The van der Waals surface area contributed by atoms with E-state index in [2.05, 4.69) is 5.32 Å². The maximum atomic E-state index is 12.6. The summed E-state index contributed by atoms with van der Waals surface area (Å²) in [6.45, 7) is 0.681. The number of piperidine rings is 1. The van der Waals surface area contributed by atoms with Crippen LogP contribution in [0.2, 0.25) is 0 Å². The first-order chi connectivity index (χ1) is 11.9. The Morgan fingerprint density at radius 1 is 1.16 bits per heavy atom. The highest BCUT2D eigenvalue weighted by Gasteiger charge is 2.33. The number of carbonyl (C=O) groups excluding carboxylic acids is 1. The lowest BCUT2D eigenvalue weighted by molar-refractivity contribution is -0.120. The molecule has 1 aliphatic heterocycles. The summed E-state index contributed by atoms with van der Waals surface area (Å²) in [4.78, 5) is 12.6. The zero-order valence-electron chi connectivity index (χ0n) is 14.5. The van der Waals surface area contributed by atoms with Crippen molar-refractivity contribution >= 4 is 32.6 Å². The van der Waals surface area contributed by atoms with Crippen LogP contribution in [0.1, 0.15) is 12.8 Å². The van der Waals surface area contributed by atoms with Gasteiger partial charge < -0.3 is 5.32 Å². The van der Waals surface area contributed by atoms with Gasteiger partial charge in [0.2, 0.25) is 5.91 Å². The van der Waals surface area contributed by atoms with E-state index in [-0.39, 0.29) is 18.4 Å². The Bertz CT molecular complexity index is 880. The van der Waals surface area contributed by atoms with Crippen LogP contribution in [0, 0.1) is 5.92 Å². The molecule has 1 fully saturated rings. The van der Waals surface area contributed by atoms with Crippen molar-refractivity contribution in [2.24, 2.45) is 5.92 Å². The van der Waals surface area contributed by atoms with Crippen molar-refractivity contribution in [2.45, 2.75) is 12.8 Å². The Labute approximate surface area is 148 Å². The predicted molar refractivity (Wildman–Crippen MR) is 99.5 cm³/mol. The van der Waals surface area contributed by atoms with E-state index < -0.39 is 10.2 Å². The molecular formula is C18H23N3O3S. The van der Waals surface area contributed by atoms with Crippen LogP contribution in [-0.2, 0) is 15.0 Å². The Morgan fingerprint density at radius 2 is 1.88 bits per heavy atom. The van der Waals surface area contributed by atoms with Crippen LogP contribution in [0.4, 0.5) is 5.69 Å². The molecule has 0 radical (unpaired) electrons. The second kappa shape index (κ2) is 7.11. The molecule has 1 amide bonds. The number of nitrogens with zero attached hydrogens (tertiary/aromatic N) is 2. The summed E-state index contributed by atoms with van der Waals surface area (Å²) in [5.74, 6) is -0.469. The van der Waals surface area contributed by atoms with Crippen LogP contribution in [0.25, 0.3) is 10.8 Å². The lowest BCUT2D eigenvalue weighted by Gasteiger charge is -2.32. The van der Waals surface area contributed by atoms with Crippen molar-refractivity contribution in [3.05, 3.63) is 42.5 Å². The summed E-state index contributed by atoms with van der Waals surface area (Å²) in [6, 6.07) is 13.7. The highest BCUT2D eigenvalue weighted by Crippen LogP contribution is 2.23. The van der Waals surface area contributed by atoms with Gasteiger partial charge in [-0.3, -0.25) is 4.79 Å². The maximum Gasteiger partial charge on any atom is 0.281 e. The number of hydrogen-bond acceptors (Lipinski definition) is 3. The van der Waals surface area contributed by atoms with E-state index in [1.165, 1.54) is 22.7 Å². The van der Waals surface area contributed by atoms with Gasteiger partial charge in [-0.2, -0.15) is 17.0 Å². The van der Waals surface area contributed by atoms with Gasteiger partial charge in [0, 0.05) is 32.9 Å². The van der Waals surface area contributed by atoms with Gasteiger partial charge in [0.1, 0.15) is 0 Å². The third-order valence-corrected chi connectivity index (χ3v) is 6.47. The molecule has 1 unspecified atom stereocenters. The molecule has 2 aromatic rings. The molecule has 25 heavy (non-hydrogen) atoms. The number of nitrogens with one attached hydrogen (secondary N) is 1. The number of carbonyl (C=O) groups is 1. The third-order valence-electron chi connectivity index (χ3n) is 4.56. The molecule has 1 heterocycles. The van der Waals surface area contributed by atoms with Crippen LogP contribution in [0.3, 0.4) is 0 Å². The molecule has 1 saturated heterocycles. The molecule has 0 spiro atoms. The standard InChI is InChI=1S/C18H23N3O3S/c1-20(2)25(23,24)21-11-5-8-16(13-21)18(22)19-17-10-9-14-6-3-4-7-15(14)12-17/h3-4,6-7,9-10,12,16H,5,8,11,13H2,1-2H3,(H,19,22). The van der Waals surface area contributed by atoms with E-state index >= 15 is 0 Å². The third kappa shape index (κ3) is 3.84. The lowest BCUT2D eigenvalue weighted by atomic mass is 9.98. The molecule has 1 N–H and O–H groups in total. The molecule has 0 bridgehead atoms. The van der Waals surface area contributed by atoms with Crippen LogP contribution in [-0.4, -0.2) is 50.1 Å². The normalized spacial score (nSPS) is 19.2. The number of rotatable bonds is 4. The van der Waals surface area contributed by atoms with Crippen LogP contribution in [0.5, 0.6) is 0 Å². The van der Waals surface area contributed by atoms with Crippen molar-refractivity contribution in [1.29, 1.82) is 0 Å². The van der Waals surface area contributed by atoms with Gasteiger partial charge in [-0.1, -0.05) is 30.3 Å². The summed E-state index contributed by atoms with van der Waals surface area (Å²) in [5.41, 5.74) is 0.733. The topological polar surface area (TPSA) is 69.7 Å². The SMILES string of the molecule is CN(C)S(=O)(=O)N1CCCC(C(=O)Nc2ccc3ccccc3c2)C1. The number of fused-ring (bicyclic) bond motifs is 1. The van der Waals surface area contributed by atoms with Gasteiger partial charge in [-0.25, -0.2) is 0 Å². The monoisotopic (exact) mass is 361 g/mol. The number of benzene rings is 2. The molecule has 134 valence electrons. The van der Waals surface area contributed by atoms with Crippen molar-refractivity contribution in [1.82, 2.24) is 8.61 Å². The van der Waals surface area contributed by atoms with Gasteiger partial charge in [0.25, 0.3) is 10.2 Å². The molecule has 0 aliphatic carbocycles. The minimum absolute atomic E-state index is 0.131. The summed E-state index contributed by atoms with van der Waals surface area (Å²) in [6.07, 6.45) is 1.38. The quantitative estimate of drug-likeness (QED) is 0.908. The fourth-order valence-corrected chi connectivity index (χ4v) is 4.30. The van der Waals surface area contributed by atoms with Gasteiger partial charge in [0.15, 0.2) is 0 Å². The zero-order chi connectivity index (χ0) is 18.0. The smallest absolute Gasteiger partial charge is 0.281 e. The zero-order valence-corrected chi connectivity index (χ0v) is 15.3. The molecular weight excluding hydrogens is 338 g/mol. The van der Waals surface area contributed by atoms with E-state index in [1.807, 2.05) is 42.5 Å². The molecule has 0 aromatic heterocycles. The van der Waals surface area contributed by atoms with Crippen molar-refractivity contribution in [3.63, 3.8) is 0 Å². The summed E-state index contributed by atoms with van der Waals surface area (Å²) in [7, 11) is -0.465. The van der Waals surface area contributed by atoms with Crippen molar-refractivity contribution in [2.75, 3.05) is 32.5 Å². The fraction of sp³-hybridized carbons (Fsp3) is 0.389. The number of hydrogen-bond donors (Lipinski definition) is 1. The molecule has 2 aromatic carbocycles. The van der Waals surface area contributed by atoms with Crippen LogP contribution in [0.15, 0.2) is 42.5 Å². The average molecular weight is 361 g/mol. The fourth-order valence-electron chi connectivity index (χ4n) is 3.11. The van der Waals surface area contributed by atoms with Crippen LogP contribution >= 0.6 is 0 Å². The van der Waals surface area contributed by atoms with Crippen molar-refractivity contribution < 1.29 is 13.2 Å². The maximum absolute atomic E-state index is 12.6. The Kier molecular flexibility index (Phi) is 5.08. The predicted octanol–water partition coefficient (Wildman–Crippen LogP) is 2.30. The first kappa shape index (κ1) is 17.8. The summed E-state index contributed by atoms with van der Waals surface area (Å²) in [5, 5.41) is 5.10. The molecule has 3 rings (SSSR count). The highest BCUT2D eigenvalue weighted by atomic mass is 32.2. The van der Waals surface area contributed by atoms with E-state index in [0.29, 0.717) is 19.4 Å². The van der Waals surface area contributed by atoms with E-state index in [0.717, 1.165) is 16.5 Å². The average Bonchev–Trinajstić information content (AvgIpc) is 2.61. The van der Waals surface area contributed by atoms with E-state index in [4.69, 9.17) is 0 Å². The Balaban J connectivity index is 1.71. The van der Waals surface area contributed by atoms with E-state index in [9.17, 15) is 13.2 Å². The lowest BCUT2D eigenvalue weighted by Crippen LogP contribution is -2.47. The Hall–Kier alpha value is -1.96. The number of amides is 1. The first-order valence-electron chi connectivity index (χ1n) is 8.35. The first-order valence-corrected chi connectivity index (χ1v) is 9.75.